The summed E-state index contributed by atoms with van der Waals surface area (Å²) in [6, 6.07) is 12.3. The highest BCUT2D eigenvalue weighted by Crippen LogP contribution is 2.44. The van der Waals surface area contributed by atoms with Gasteiger partial charge in [-0.05, 0) is 55.0 Å². The molecule has 0 aliphatic carbocycles. The molecular formula is C24H18N2O7S2. The highest BCUT2D eigenvalue weighted by molar-refractivity contribution is 7.90. The number of aryl methyl sites for hydroxylation is 1. The van der Waals surface area contributed by atoms with Crippen LogP contribution in [0, 0.1) is 6.92 Å². The van der Waals surface area contributed by atoms with Crippen LogP contribution in [0.15, 0.2) is 75.2 Å². The number of amides is 1. The number of carbonyl (C=O) groups excluding carboxylic acids is 2. The quantitative estimate of drug-likeness (QED) is 0.383. The van der Waals surface area contributed by atoms with Gasteiger partial charge in [0.2, 0.25) is 5.78 Å². The third-order valence-electron chi connectivity index (χ3n) is 5.61. The maximum absolute atomic E-state index is 13.3. The number of nitrogens with zero attached hydrogens (tertiary/aromatic N) is 2. The number of hydrogen-bond acceptors (Lipinski definition) is 9. The van der Waals surface area contributed by atoms with Gasteiger partial charge in [-0.1, -0.05) is 23.5 Å². The maximum Gasteiger partial charge on any atom is 0.296 e. The summed E-state index contributed by atoms with van der Waals surface area (Å²) in [4.78, 5) is 32.4. The minimum Gasteiger partial charge on any atom is -0.508 e. The Balaban J connectivity index is 1.67. The lowest BCUT2D eigenvalue weighted by Gasteiger charge is -2.24. The standard InChI is InChI=1S/C24H18N2O7S2/c1-12-3-10-17(33-12)21(28)19-20(13-4-6-14(27)7-5-13)26(23(30)22(19)29)24-25-16-9-8-15(35(2,31)32)11-18(16)34-24/h3-11,20,27,29H,1-2H3. The first-order valence-corrected chi connectivity index (χ1v) is 13.0. The summed E-state index contributed by atoms with van der Waals surface area (Å²) in [6.07, 6.45) is 1.09. The number of hydrogen-bond donors (Lipinski definition) is 2. The number of phenolic OH excluding ortho intramolecular Hbond substituents is 1. The lowest BCUT2D eigenvalue weighted by molar-refractivity contribution is -0.117. The molecule has 5 rings (SSSR count). The fraction of sp³-hybridized carbons (Fsp3) is 0.125. The zero-order chi connectivity index (χ0) is 25.1. The smallest absolute Gasteiger partial charge is 0.296 e. The molecule has 0 fully saturated rings. The van der Waals surface area contributed by atoms with Gasteiger partial charge in [-0.2, -0.15) is 0 Å². The summed E-state index contributed by atoms with van der Waals surface area (Å²) in [5.74, 6) is -1.80. The van der Waals surface area contributed by atoms with Gasteiger partial charge in [0, 0.05) is 6.26 Å². The van der Waals surface area contributed by atoms with E-state index >= 15 is 0 Å². The lowest BCUT2D eigenvalue weighted by Crippen LogP contribution is -2.30. The van der Waals surface area contributed by atoms with E-state index in [2.05, 4.69) is 4.98 Å². The van der Waals surface area contributed by atoms with Crippen LogP contribution in [0.1, 0.15) is 27.9 Å². The van der Waals surface area contributed by atoms with Crippen LogP contribution in [0.2, 0.25) is 0 Å². The molecule has 3 heterocycles. The number of phenols is 1. The number of carbonyl (C=O) groups is 2. The molecule has 0 saturated carbocycles. The molecule has 2 N–H and O–H groups in total. The lowest BCUT2D eigenvalue weighted by atomic mass is 9.95. The Morgan fingerprint density at radius 2 is 1.80 bits per heavy atom. The molecule has 178 valence electrons. The van der Waals surface area contributed by atoms with Gasteiger partial charge in [0.25, 0.3) is 5.91 Å². The summed E-state index contributed by atoms with van der Waals surface area (Å²) in [5, 5.41) is 20.7. The molecular weight excluding hydrogens is 492 g/mol. The van der Waals surface area contributed by atoms with Crippen molar-refractivity contribution < 1.29 is 32.6 Å². The molecule has 4 aromatic rings. The molecule has 0 radical (unpaired) electrons. The average Bonchev–Trinajstić information content (AvgIpc) is 3.49. The number of sulfone groups is 1. The number of aromatic hydroxyl groups is 1. The first kappa shape index (κ1) is 22.8. The molecule has 0 saturated heterocycles. The van der Waals surface area contributed by atoms with E-state index in [1.165, 1.54) is 53.4 Å². The molecule has 1 aliphatic heterocycles. The normalized spacial score (nSPS) is 16.5. The van der Waals surface area contributed by atoms with Gasteiger partial charge in [-0.25, -0.2) is 13.4 Å². The second-order valence-electron chi connectivity index (χ2n) is 8.07. The van der Waals surface area contributed by atoms with E-state index in [1.807, 2.05) is 0 Å². The molecule has 0 bridgehead atoms. The zero-order valence-corrected chi connectivity index (χ0v) is 20.1. The van der Waals surface area contributed by atoms with Crippen LogP contribution < -0.4 is 4.90 Å². The van der Waals surface area contributed by atoms with Crippen LogP contribution in [-0.2, 0) is 14.6 Å². The Morgan fingerprint density at radius 3 is 2.43 bits per heavy atom. The number of furan rings is 1. The molecule has 9 nitrogen and oxygen atoms in total. The van der Waals surface area contributed by atoms with Crippen molar-refractivity contribution in [1.29, 1.82) is 0 Å². The van der Waals surface area contributed by atoms with Crippen LogP contribution in [0.5, 0.6) is 5.75 Å². The van der Waals surface area contributed by atoms with Crippen molar-refractivity contribution in [3.8, 4) is 5.75 Å². The average molecular weight is 511 g/mol. The van der Waals surface area contributed by atoms with E-state index in [4.69, 9.17) is 4.42 Å². The van der Waals surface area contributed by atoms with Gasteiger partial charge in [-0.3, -0.25) is 14.5 Å². The fourth-order valence-corrected chi connectivity index (χ4v) is 5.68. The van der Waals surface area contributed by atoms with Gasteiger partial charge in [0.1, 0.15) is 11.5 Å². The van der Waals surface area contributed by atoms with E-state index in [0.717, 1.165) is 17.6 Å². The zero-order valence-electron chi connectivity index (χ0n) is 18.4. The van der Waals surface area contributed by atoms with E-state index in [9.17, 15) is 28.2 Å². The van der Waals surface area contributed by atoms with Gasteiger partial charge in [0.15, 0.2) is 26.5 Å². The van der Waals surface area contributed by atoms with Crippen molar-refractivity contribution >= 4 is 48.2 Å². The van der Waals surface area contributed by atoms with Crippen LogP contribution in [0.3, 0.4) is 0 Å². The van der Waals surface area contributed by atoms with Gasteiger partial charge in [-0.15, -0.1) is 0 Å². The first-order chi connectivity index (χ1) is 16.5. The number of rotatable bonds is 5. The molecule has 2 aromatic carbocycles. The van der Waals surface area contributed by atoms with E-state index in [-0.39, 0.29) is 27.1 Å². The van der Waals surface area contributed by atoms with E-state index < -0.39 is 33.3 Å². The Morgan fingerprint density at radius 1 is 1.09 bits per heavy atom. The van der Waals surface area contributed by atoms with Crippen LogP contribution >= 0.6 is 11.3 Å². The number of Topliss-reactive ketones (excluding diaryl/α,β-unsaturated/α-hetero) is 1. The molecule has 11 heteroatoms. The third-order valence-corrected chi connectivity index (χ3v) is 7.74. The summed E-state index contributed by atoms with van der Waals surface area (Å²) >= 11 is 1.05. The molecule has 35 heavy (non-hydrogen) atoms. The van der Waals surface area contributed by atoms with E-state index in [0.29, 0.717) is 21.5 Å². The van der Waals surface area contributed by atoms with Crippen molar-refractivity contribution in [2.24, 2.45) is 0 Å². The number of aliphatic hydroxyl groups is 1. The summed E-state index contributed by atoms with van der Waals surface area (Å²) in [7, 11) is -3.46. The van der Waals surface area contributed by atoms with Crippen LogP contribution in [0.4, 0.5) is 5.13 Å². The molecule has 1 amide bonds. The fourth-order valence-electron chi connectivity index (χ4n) is 3.92. The van der Waals surface area contributed by atoms with Crippen LogP contribution in [0.25, 0.3) is 10.2 Å². The second-order valence-corrected chi connectivity index (χ2v) is 11.1. The third kappa shape index (κ3) is 3.88. The molecule has 1 aliphatic rings. The molecule has 1 atom stereocenters. The van der Waals surface area contributed by atoms with Crippen molar-refractivity contribution in [2.75, 3.05) is 11.2 Å². The largest absolute Gasteiger partial charge is 0.508 e. The number of ketones is 1. The van der Waals surface area contributed by atoms with Crippen molar-refractivity contribution in [1.82, 2.24) is 4.98 Å². The minimum absolute atomic E-state index is 0.0133. The van der Waals surface area contributed by atoms with Gasteiger partial charge >= 0.3 is 0 Å². The number of aromatic nitrogens is 1. The highest BCUT2D eigenvalue weighted by atomic mass is 32.2. The van der Waals surface area contributed by atoms with Crippen molar-refractivity contribution in [2.45, 2.75) is 17.9 Å². The number of benzene rings is 2. The number of thiazole rings is 1. The Bertz CT molecular complexity index is 1650. The van der Waals surface area contributed by atoms with E-state index in [1.54, 1.807) is 13.0 Å². The molecule has 1 unspecified atom stereocenters. The second kappa shape index (κ2) is 8.07. The topological polar surface area (TPSA) is 138 Å². The van der Waals surface area contributed by atoms with Crippen molar-refractivity contribution in [3.63, 3.8) is 0 Å². The number of anilines is 1. The Hall–Kier alpha value is -3.96. The van der Waals surface area contributed by atoms with Crippen LogP contribution in [-0.4, -0.2) is 41.6 Å². The molecule has 2 aromatic heterocycles. The summed E-state index contributed by atoms with van der Waals surface area (Å²) in [5.41, 5.74) is 0.713. The highest BCUT2D eigenvalue weighted by Gasteiger charge is 2.46. The maximum atomic E-state index is 13.3. The van der Waals surface area contributed by atoms with Crippen molar-refractivity contribution in [3.05, 3.63) is 83.0 Å². The van der Waals surface area contributed by atoms with Gasteiger partial charge < -0.3 is 14.6 Å². The predicted octanol–water partition coefficient (Wildman–Crippen LogP) is 4.09. The summed E-state index contributed by atoms with van der Waals surface area (Å²) in [6.45, 7) is 1.67. The Kier molecular flexibility index (Phi) is 5.26. The Labute approximate surface area is 203 Å². The molecule has 0 spiro atoms. The first-order valence-electron chi connectivity index (χ1n) is 10.3. The minimum atomic E-state index is -3.46. The summed E-state index contributed by atoms with van der Waals surface area (Å²) < 4.78 is 29.9. The number of aliphatic hydroxyl groups excluding tert-OH is 1. The monoisotopic (exact) mass is 510 g/mol. The predicted molar refractivity (Wildman–Crippen MR) is 128 cm³/mol. The number of fused-ring (bicyclic) bond motifs is 1. The SMILES string of the molecule is Cc1ccc(C(=O)C2=C(O)C(=O)N(c3nc4ccc(S(C)(=O)=O)cc4s3)C2c2ccc(O)cc2)o1. The van der Waals surface area contributed by atoms with Gasteiger partial charge in [0.05, 0.1) is 26.7 Å².